The van der Waals surface area contributed by atoms with Crippen molar-refractivity contribution in [1.29, 1.82) is 0 Å². The van der Waals surface area contributed by atoms with Crippen molar-refractivity contribution in [2.75, 3.05) is 13.2 Å². The van der Waals surface area contributed by atoms with Crippen molar-refractivity contribution in [2.24, 2.45) is 0 Å². The maximum atomic E-state index is 12.2. The third kappa shape index (κ3) is 6.85. The number of hydrogen-bond donors (Lipinski definition) is 2. The van der Waals surface area contributed by atoms with Crippen LogP contribution in [0.5, 0.6) is 0 Å². The Bertz CT molecular complexity index is 221. The van der Waals surface area contributed by atoms with Gasteiger partial charge >= 0.3 is 6.18 Å². The minimum atomic E-state index is -4.33. The fraction of sp³-hybridized carbons (Fsp3) is 1.00. The van der Waals surface area contributed by atoms with Gasteiger partial charge in [0.15, 0.2) is 6.10 Å². The van der Waals surface area contributed by atoms with Gasteiger partial charge in [-0.15, -0.1) is 0 Å². The van der Waals surface area contributed by atoms with Crippen molar-refractivity contribution in [1.82, 2.24) is 5.32 Å². The van der Waals surface area contributed by atoms with Crippen LogP contribution in [0.25, 0.3) is 0 Å². The Hall–Kier alpha value is -0.330. The smallest absolute Gasteiger partial charge is 0.394 e. The van der Waals surface area contributed by atoms with Crippen LogP contribution in [-0.2, 0) is 4.74 Å². The van der Waals surface area contributed by atoms with Gasteiger partial charge in [0.05, 0.1) is 6.61 Å². The molecule has 6 heteroatoms. The Balaban J connectivity index is 4.08. The molecule has 0 fully saturated rings. The second kappa shape index (κ2) is 6.56. The first-order valence-electron chi connectivity index (χ1n) is 5.67. The summed E-state index contributed by atoms with van der Waals surface area (Å²) >= 11 is 0. The number of halogens is 3. The van der Waals surface area contributed by atoms with E-state index in [4.69, 9.17) is 4.74 Å². The summed E-state index contributed by atoms with van der Waals surface area (Å²) in [4.78, 5) is 0. The zero-order valence-electron chi connectivity index (χ0n) is 10.8. The number of aliphatic hydroxyl groups excluding tert-OH is 1. The zero-order valence-corrected chi connectivity index (χ0v) is 10.8. The van der Waals surface area contributed by atoms with Crippen LogP contribution in [-0.4, -0.2) is 42.2 Å². The highest BCUT2D eigenvalue weighted by Crippen LogP contribution is 2.23. The minimum absolute atomic E-state index is 0.0442. The van der Waals surface area contributed by atoms with E-state index in [0.717, 1.165) is 6.92 Å². The molecule has 0 aromatic carbocycles. The second-order valence-corrected chi connectivity index (χ2v) is 4.82. The monoisotopic (exact) mass is 257 g/mol. The maximum Gasteiger partial charge on any atom is 0.414 e. The van der Waals surface area contributed by atoms with E-state index in [1.807, 2.05) is 13.8 Å². The van der Waals surface area contributed by atoms with E-state index in [-0.39, 0.29) is 19.3 Å². The van der Waals surface area contributed by atoms with Gasteiger partial charge < -0.3 is 15.2 Å². The lowest BCUT2D eigenvalue weighted by molar-refractivity contribution is -0.215. The molecule has 0 aliphatic carbocycles. The van der Waals surface area contributed by atoms with Gasteiger partial charge in [-0.1, -0.05) is 13.8 Å². The van der Waals surface area contributed by atoms with Crippen molar-refractivity contribution in [3.8, 4) is 0 Å². The van der Waals surface area contributed by atoms with E-state index in [1.54, 1.807) is 6.92 Å². The van der Waals surface area contributed by atoms with Gasteiger partial charge in [-0.3, -0.25) is 0 Å². The van der Waals surface area contributed by atoms with E-state index < -0.39 is 17.8 Å². The molecule has 0 saturated carbocycles. The van der Waals surface area contributed by atoms with E-state index in [9.17, 15) is 18.3 Å². The molecule has 0 aromatic heterocycles. The first-order valence-corrected chi connectivity index (χ1v) is 5.67. The molecule has 0 radical (unpaired) electrons. The van der Waals surface area contributed by atoms with Crippen molar-refractivity contribution in [2.45, 2.75) is 58.0 Å². The maximum absolute atomic E-state index is 12.2. The standard InChI is InChI=1S/C11H22F3NO2/c1-8(2)15-10(4,7-16)5-6-17-9(3)11(12,13)14/h8-9,15-16H,5-7H2,1-4H3. The summed E-state index contributed by atoms with van der Waals surface area (Å²) < 4.78 is 41.2. The summed E-state index contributed by atoms with van der Waals surface area (Å²) in [6.45, 7) is 6.37. The SMILES string of the molecule is CC(C)NC(C)(CO)CCOC(C)C(F)(F)F. The number of alkyl halides is 3. The summed E-state index contributed by atoms with van der Waals surface area (Å²) in [5.41, 5.74) is -0.612. The molecule has 0 amide bonds. The van der Waals surface area contributed by atoms with Crippen molar-refractivity contribution < 1.29 is 23.0 Å². The molecule has 0 aromatic rings. The first-order chi connectivity index (χ1) is 7.60. The Morgan fingerprint density at radius 2 is 1.76 bits per heavy atom. The molecule has 2 N–H and O–H groups in total. The normalized spacial score (nSPS) is 18.2. The van der Waals surface area contributed by atoms with Crippen molar-refractivity contribution >= 4 is 0 Å². The summed E-state index contributed by atoms with van der Waals surface area (Å²) in [6, 6.07) is 0.146. The lowest BCUT2D eigenvalue weighted by atomic mass is 9.98. The fourth-order valence-corrected chi connectivity index (χ4v) is 1.45. The van der Waals surface area contributed by atoms with Crippen LogP contribution in [0.15, 0.2) is 0 Å². The van der Waals surface area contributed by atoms with Crippen molar-refractivity contribution in [3.63, 3.8) is 0 Å². The van der Waals surface area contributed by atoms with Gasteiger partial charge in [0.2, 0.25) is 0 Å². The Morgan fingerprint density at radius 1 is 1.24 bits per heavy atom. The summed E-state index contributed by atoms with van der Waals surface area (Å²) in [5.74, 6) is 0. The highest BCUT2D eigenvalue weighted by Gasteiger charge is 2.37. The topological polar surface area (TPSA) is 41.5 Å². The summed E-state index contributed by atoms with van der Waals surface area (Å²) in [5, 5.41) is 12.3. The van der Waals surface area contributed by atoms with Gasteiger partial charge in [-0.2, -0.15) is 13.2 Å². The molecule has 0 rings (SSSR count). The molecule has 0 spiro atoms. The predicted octanol–water partition coefficient (Wildman–Crippen LogP) is 2.09. The number of hydrogen-bond acceptors (Lipinski definition) is 3. The van der Waals surface area contributed by atoms with Crippen molar-refractivity contribution in [3.05, 3.63) is 0 Å². The molecular weight excluding hydrogens is 235 g/mol. The Labute approximate surface area is 100 Å². The van der Waals surface area contributed by atoms with Crippen LogP contribution in [0.4, 0.5) is 13.2 Å². The van der Waals surface area contributed by atoms with E-state index in [2.05, 4.69) is 5.32 Å². The van der Waals surface area contributed by atoms with Crippen LogP contribution >= 0.6 is 0 Å². The van der Waals surface area contributed by atoms with Gasteiger partial charge in [0.25, 0.3) is 0 Å². The van der Waals surface area contributed by atoms with E-state index in [0.29, 0.717) is 6.42 Å². The zero-order chi connectivity index (χ0) is 13.7. The molecular formula is C11H22F3NO2. The largest absolute Gasteiger partial charge is 0.414 e. The first kappa shape index (κ1) is 16.7. The number of aliphatic hydroxyl groups is 1. The molecule has 2 unspecified atom stereocenters. The third-order valence-corrected chi connectivity index (χ3v) is 2.47. The molecule has 3 nitrogen and oxygen atoms in total. The van der Waals surface area contributed by atoms with Gasteiger partial charge in [-0.25, -0.2) is 0 Å². The molecule has 0 heterocycles. The molecule has 0 bridgehead atoms. The molecule has 0 aliphatic rings. The van der Waals surface area contributed by atoms with Gasteiger partial charge in [0.1, 0.15) is 0 Å². The number of rotatable bonds is 7. The predicted molar refractivity (Wildman–Crippen MR) is 59.8 cm³/mol. The highest BCUT2D eigenvalue weighted by molar-refractivity contribution is 4.83. The van der Waals surface area contributed by atoms with Crippen LogP contribution in [0.1, 0.15) is 34.1 Å². The number of ether oxygens (including phenoxy) is 1. The molecule has 104 valence electrons. The lowest BCUT2D eigenvalue weighted by Crippen LogP contribution is -2.50. The molecule has 0 aliphatic heterocycles. The summed E-state index contributed by atoms with van der Waals surface area (Å²) in [6.07, 6.45) is -5.78. The third-order valence-electron chi connectivity index (χ3n) is 2.47. The summed E-state index contributed by atoms with van der Waals surface area (Å²) in [7, 11) is 0. The Morgan fingerprint density at radius 3 is 2.12 bits per heavy atom. The van der Waals surface area contributed by atoms with Crippen LogP contribution < -0.4 is 5.32 Å². The van der Waals surface area contributed by atoms with Gasteiger partial charge in [0, 0.05) is 18.2 Å². The second-order valence-electron chi connectivity index (χ2n) is 4.82. The Kier molecular flexibility index (Phi) is 6.43. The molecule has 17 heavy (non-hydrogen) atoms. The molecule has 0 saturated heterocycles. The quantitative estimate of drug-likeness (QED) is 0.734. The average Bonchev–Trinajstić information content (AvgIpc) is 2.15. The van der Waals surface area contributed by atoms with Gasteiger partial charge in [-0.05, 0) is 20.3 Å². The van der Waals surface area contributed by atoms with Crippen LogP contribution in [0, 0.1) is 0 Å². The average molecular weight is 257 g/mol. The fourth-order valence-electron chi connectivity index (χ4n) is 1.45. The van der Waals surface area contributed by atoms with E-state index in [1.165, 1.54) is 0 Å². The lowest BCUT2D eigenvalue weighted by Gasteiger charge is -2.31. The van der Waals surface area contributed by atoms with Crippen LogP contribution in [0.2, 0.25) is 0 Å². The highest BCUT2D eigenvalue weighted by atomic mass is 19.4. The van der Waals surface area contributed by atoms with E-state index >= 15 is 0 Å². The molecule has 2 atom stereocenters. The van der Waals surface area contributed by atoms with Crippen LogP contribution in [0.3, 0.4) is 0 Å². The number of nitrogens with one attached hydrogen (secondary N) is 1. The minimum Gasteiger partial charge on any atom is -0.394 e.